The smallest absolute Gasteiger partial charge is 0.273 e. The quantitative estimate of drug-likeness (QED) is 0.0361. The topological polar surface area (TPSA) is 85.9 Å². The molecule has 0 fully saturated rings. The summed E-state index contributed by atoms with van der Waals surface area (Å²) in [6, 6.07) is 13.0. The SMILES string of the molecule is CCCCCCCCc1c(CCCCCCCC)c2c3c(sc4c3c1c(=O)n1c3cc(Br)sc3cc41)c(=O)n1c3cc(Br)sc3cc21.CCCCCCCCc1c(CCCCCCCC)c2c3c(sc4c3c1c(=O)n1c4cc3scc(Br)c31)c(=O)n1c2cc2scc(Br)c21. The number of rotatable bonds is 28. The van der Waals surface area contributed by atoms with Gasteiger partial charge in [0.1, 0.15) is 9.40 Å². The van der Waals surface area contributed by atoms with E-state index in [4.69, 9.17) is 0 Å². The molecule has 488 valence electrons. The molecular formula is C76H76Br4N4O4S6. The average molecular weight is 1620 g/mol. The maximum Gasteiger partial charge on any atom is 0.273 e. The molecule has 2 aromatic carbocycles. The van der Waals surface area contributed by atoms with Gasteiger partial charge in [-0.2, -0.15) is 0 Å². The van der Waals surface area contributed by atoms with E-state index in [1.807, 2.05) is 17.6 Å². The fourth-order valence-corrected chi connectivity index (χ4v) is 24.9. The van der Waals surface area contributed by atoms with Gasteiger partial charge >= 0.3 is 0 Å². The third kappa shape index (κ3) is 11.0. The highest BCUT2D eigenvalue weighted by molar-refractivity contribution is 9.11. The van der Waals surface area contributed by atoms with Gasteiger partial charge in [-0.05, 0) is 174 Å². The van der Waals surface area contributed by atoms with Gasteiger partial charge in [0.25, 0.3) is 22.2 Å². The van der Waals surface area contributed by atoms with Crippen molar-refractivity contribution >= 4 is 257 Å². The first-order valence-corrected chi connectivity index (χ1v) is 42.7. The number of hydrogen-bond acceptors (Lipinski definition) is 10. The van der Waals surface area contributed by atoms with Crippen LogP contribution in [-0.2, 0) is 25.7 Å². The molecule has 18 heteroatoms. The molecule has 0 aliphatic carbocycles. The van der Waals surface area contributed by atoms with Crippen molar-refractivity contribution in [3.8, 4) is 0 Å². The summed E-state index contributed by atoms with van der Waals surface area (Å²) >= 11 is 24.8. The lowest BCUT2D eigenvalue weighted by atomic mass is 9.87. The van der Waals surface area contributed by atoms with Crippen LogP contribution in [0.4, 0.5) is 0 Å². The highest BCUT2D eigenvalue weighted by atomic mass is 79.9. The monoisotopic (exact) mass is 1620 g/mol. The number of aromatic nitrogens is 4. The van der Waals surface area contributed by atoms with Gasteiger partial charge in [0.15, 0.2) is 0 Å². The van der Waals surface area contributed by atoms with Gasteiger partial charge in [0, 0.05) is 43.1 Å². The van der Waals surface area contributed by atoms with Crippen LogP contribution in [0, 0.1) is 0 Å². The average Bonchev–Trinajstić information content (AvgIpc) is 1.49. The van der Waals surface area contributed by atoms with Crippen LogP contribution in [0.1, 0.15) is 204 Å². The van der Waals surface area contributed by atoms with E-state index < -0.39 is 0 Å². The molecule has 16 rings (SSSR count). The molecule has 0 spiro atoms. The van der Waals surface area contributed by atoms with E-state index in [-0.39, 0.29) is 22.2 Å². The molecular weight excluding hydrogens is 1540 g/mol. The van der Waals surface area contributed by atoms with Crippen molar-refractivity contribution in [2.24, 2.45) is 0 Å². The van der Waals surface area contributed by atoms with E-state index >= 15 is 0 Å². The Morgan fingerprint density at radius 2 is 0.606 bits per heavy atom. The summed E-state index contributed by atoms with van der Waals surface area (Å²) in [6.07, 6.45) is 32.8. The van der Waals surface area contributed by atoms with Gasteiger partial charge in [-0.1, -0.05) is 156 Å². The Morgan fingerprint density at radius 3 is 1.04 bits per heavy atom. The molecule has 0 N–H and O–H groups in total. The van der Waals surface area contributed by atoms with Crippen LogP contribution in [0.25, 0.3) is 125 Å². The van der Waals surface area contributed by atoms with Crippen LogP contribution < -0.4 is 22.2 Å². The highest BCUT2D eigenvalue weighted by Crippen LogP contribution is 2.51. The van der Waals surface area contributed by atoms with Crippen LogP contribution in [0.5, 0.6) is 0 Å². The molecule has 0 aliphatic heterocycles. The number of thiophene rings is 6. The summed E-state index contributed by atoms with van der Waals surface area (Å²) in [7, 11) is 0. The maximum absolute atomic E-state index is 15.0. The van der Waals surface area contributed by atoms with Crippen LogP contribution in [0.2, 0.25) is 0 Å². The summed E-state index contributed by atoms with van der Waals surface area (Å²) in [5, 5.41) is 12.4. The Morgan fingerprint density at radius 1 is 0.298 bits per heavy atom. The van der Waals surface area contributed by atoms with E-state index in [1.165, 1.54) is 161 Å². The number of nitrogens with zero attached hydrogens (tertiary/aromatic N) is 4. The van der Waals surface area contributed by atoms with E-state index in [9.17, 15) is 19.2 Å². The first-order valence-electron chi connectivity index (χ1n) is 34.6. The molecule has 0 bridgehead atoms. The van der Waals surface area contributed by atoms with Gasteiger partial charge in [0.2, 0.25) is 0 Å². The molecule has 8 nitrogen and oxygen atoms in total. The van der Waals surface area contributed by atoms with Crippen LogP contribution >= 0.6 is 132 Å². The molecule has 0 atom stereocenters. The van der Waals surface area contributed by atoms with Gasteiger partial charge in [-0.25, -0.2) is 0 Å². The van der Waals surface area contributed by atoms with Crippen molar-refractivity contribution in [2.45, 2.75) is 207 Å². The summed E-state index contributed by atoms with van der Waals surface area (Å²) in [5.74, 6) is 0. The molecule has 0 saturated carbocycles. The lowest BCUT2D eigenvalue weighted by Gasteiger charge is -2.18. The minimum absolute atomic E-state index is 0.0263. The van der Waals surface area contributed by atoms with Gasteiger partial charge in [-0.15, -0.1) is 68.0 Å². The van der Waals surface area contributed by atoms with Crippen molar-refractivity contribution < 1.29 is 0 Å². The third-order valence-electron chi connectivity index (χ3n) is 20.4. The molecule has 0 saturated heterocycles. The number of halogens is 4. The molecule has 0 radical (unpaired) electrons. The normalized spacial score (nSPS) is 12.8. The number of aryl methyl sites for hydroxylation is 4. The Hall–Kier alpha value is -4.08. The molecule has 0 unspecified atom stereocenters. The lowest BCUT2D eigenvalue weighted by Crippen LogP contribution is -2.17. The predicted octanol–water partition coefficient (Wildman–Crippen LogP) is 26.1. The van der Waals surface area contributed by atoms with E-state index in [1.54, 1.807) is 68.0 Å². The number of unbranched alkanes of at least 4 members (excludes halogenated alkanes) is 20. The van der Waals surface area contributed by atoms with Crippen molar-refractivity contribution in [1.82, 2.24) is 17.6 Å². The zero-order valence-corrected chi connectivity index (χ0v) is 65.0. The zero-order valence-electron chi connectivity index (χ0n) is 53.8. The number of pyridine rings is 4. The van der Waals surface area contributed by atoms with Crippen molar-refractivity contribution in [3.05, 3.63) is 127 Å². The maximum atomic E-state index is 15.0. The van der Waals surface area contributed by atoms with Crippen molar-refractivity contribution in [2.75, 3.05) is 0 Å². The summed E-state index contributed by atoms with van der Waals surface area (Å²) in [6.45, 7) is 9.06. The zero-order chi connectivity index (χ0) is 64.8. The number of fused-ring (bicyclic) bond motifs is 16. The summed E-state index contributed by atoms with van der Waals surface area (Å²) in [4.78, 5) is 59.0. The first kappa shape index (κ1) is 65.8. The Labute approximate surface area is 602 Å². The Bertz CT molecular complexity index is 5770. The van der Waals surface area contributed by atoms with E-state index in [0.717, 1.165) is 182 Å². The standard InChI is InChI=1S/2C38H38Br2N2O2S3/c1-3-5-7-9-11-13-15-21-22(16-14-12-10-8-6-4-2)30-32-31-29(21)25-17-27-33(23(39)19-45-27)41(25)38(44)36(31)47-35(32)26-18-28-34(24(40)20-46-28)42(26)37(30)43;1-3-5-7-9-11-13-15-21-22(16-14-12-10-8-6-4-2)32-34-33-31(21)25-17-27-23(19-29(39)45-27)41(25)38(44)36(33)47-35(34)26-18-28-24(20-30(40)46-28)42(26)37(32)43/h2*17-20H,3-16H2,1-2H3. The van der Waals surface area contributed by atoms with E-state index in [0.29, 0.717) is 0 Å². The van der Waals surface area contributed by atoms with Crippen LogP contribution in [0.15, 0.2) is 82.9 Å². The number of benzene rings is 2. The second-order valence-electron chi connectivity index (χ2n) is 26.4. The molecule has 0 amide bonds. The van der Waals surface area contributed by atoms with E-state index in [2.05, 4.69) is 139 Å². The minimum Gasteiger partial charge on any atom is -0.274 e. The fourth-order valence-electron chi connectivity index (χ4n) is 16.0. The van der Waals surface area contributed by atoms with Gasteiger partial charge < -0.3 is 0 Å². The Kier molecular flexibility index (Phi) is 19.3. The first-order chi connectivity index (χ1) is 45.9. The lowest BCUT2D eigenvalue weighted by molar-refractivity contribution is 0.600. The third-order valence-corrected chi connectivity index (χ3v) is 29.6. The second-order valence-corrected chi connectivity index (χ2v) is 36.9. The summed E-state index contributed by atoms with van der Waals surface area (Å²) < 4.78 is 19.9. The molecule has 16 aromatic rings. The minimum atomic E-state index is 0.0263. The Balaban J connectivity index is 0.000000155. The van der Waals surface area contributed by atoms with Gasteiger partial charge in [0.05, 0.1) is 99.6 Å². The highest BCUT2D eigenvalue weighted by Gasteiger charge is 2.32. The summed E-state index contributed by atoms with van der Waals surface area (Å²) in [5.41, 5.74) is 13.0. The van der Waals surface area contributed by atoms with Gasteiger partial charge in [-0.3, -0.25) is 36.8 Å². The molecule has 0 aliphatic rings. The fraction of sp³-hybridized carbons (Fsp3) is 0.421. The number of hydrogen-bond donors (Lipinski definition) is 0. The molecule has 94 heavy (non-hydrogen) atoms. The molecule has 14 aromatic heterocycles. The van der Waals surface area contributed by atoms with Crippen molar-refractivity contribution in [3.63, 3.8) is 0 Å². The van der Waals surface area contributed by atoms with Crippen molar-refractivity contribution in [1.29, 1.82) is 0 Å². The van der Waals surface area contributed by atoms with Crippen LogP contribution in [0.3, 0.4) is 0 Å². The largest absolute Gasteiger partial charge is 0.274 e. The predicted molar refractivity (Wildman–Crippen MR) is 428 cm³/mol. The molecule has 14 heterocycles. The van der Waals surface area contributed by atoms with Crippen LogP contribution in [-0.4, -0.2) is 17.6 Å². The second kappa shape index (κ2) is 27.6.